The van der Waals surface area contributed by atoms with Gasteiger partial charge in [0.15, 0.2) is 6.61 Å². The predicted octanol–water partition coefficient (Wildman–Crippen LogP) is 1.15. The van der Waals surface area contributed by atoms with Crippen LogP contribution >= 0.6 is 0 Å². The van der Waals surface area contributed by atoms with Gasteiger partial charge in [-0.1, -0.05) is 12.1 Å². The van der Waals surface area contributed by atoms with Crippen LogP contribution in [-0.4, -0.2) is 24.1 Å². The summed E-state index contributed by atoms with van der Waals surface area (Å²) in [6.45, 7) is 6.71. The van der Waals surface area contributed by atoms with Gasteiger partial charge in [-0.15, -0.1) is 0 Å². The third-order valence-corrected chi connectivity index (χ3v) is 2.35. The molecule has 0 spiro atoms. The first-order chi connectivity index (χ1) is 9.26. The lowest BCUT2D eigenvalue weighted by Gasteiger charge is -2.20. The summed E-state index contributed by atoms with van der Waals surface area (Å²) in [4.78, 5) is 21.7. The summed E-state index contributed by atoms with van der Waals surface area (Å²) < 4.78 is 5.29. The molecule has 0 saturated heterocycles. The van der Waals surface area contributed by atoms with E-state index >= 15 is 0 Å². The first-order valence-corrected chi connectivity index (χ1v) is 6.32. The normalized spacial score (nSPS) is 10.9. The van der Waals surface area contributed by atoms with Crippen LogP contribution in [0.4, 0.5) is 4.79 Å². The van der Waals surface area contributed by atoms with E-state index < -0.39 is 11.9 Å². The second-order valence-corrected chi connectivity index (χ2v) is 5.45. The highest BCUT2D eigenvalue weighted by molar-refractivity contribution is 5.94. The fraction of sp³-hybridized carbons (Fsp3) is 0.429. The van der Waals surface area contributed by atoms with Crippen molar-refractivity contribution in [1.82, 2.24) is 10.6 Å². The van der Waals surface area contributed by atoms with Crippen LogP contribution in [0.5, 0.6) is 5.75 Å². The van der Waals surface area contributed by atoms with Crippen LogP contribution in [0.3, 0.4) is 0 Å². The molecule has 0 aliphatic carbocycles. The summed E-state index contributed by atoms with van der Waals surface area (Å²) in [6.07, 6.45) is 0. The molecule has 1 rings (SSSR count). The van der Waals surface area contributed by atoms with E-state index in [1.54, 1.807) is 6.07 Å². The molecule has 1 aromatic carbocycles. The average Bonchev–Trinajstić information content (AvgIpc) is 2.33. The monoisotopic (exact) mass is 279 g/mol. The topological polar surface area (TPSA) is 93.4 Å². The number of carbonyl (C=O) groups excluding carboxylic acids is 2. The highest BCUT2D eigenvalue weighted by Crippen LogP contribution is 2.14. The molecule has 0 radical (unpaired) electrons. The number of primary amides is 1. The molecule has 0 atom stereocenters. The second kappa shape index (κ2) is 6.91. The summed E-state index contributed by atoms with van der Waals surface area (Å²) in [6, 6.07) is 6.52. The highest BCUT2D eigenvalue weighted by atomic mass is 16.5. The lowest BCUT2D eigenvalue weighted by atomic mass is 10.1. The van der Waals surface area contributed by atoms with Gasteiger partial charge in [0.1, 0.15) is 5.75 Å². The number of hydrogen-bond donors (Lipinski definition) is 3. The Morgan fingerprint density at radius 1 is 1.30 bits per heavy atom. The third kappa shape index (κ3) is 6.75. The standard InChI is InChI=1S/C14H21N3O3/c1-14(2,3)16-8-10-5-4-6-11(7-10)20-9-12(18)17-13(15)19/h4-7,16H,8-9H2,1-3H3,(H3,15,17,18,19). The Bertz CT molecular complexity index is 481. The maximum atomic E-state index is 11.2. The third-order valence-electron chi connectivity index (χ3n) is 2.35. The van der Waals surface area contributed by atoms with Gasteiger partial charge in [0, 0.05) is 12.1 Å². The number of nitrogens with one attached hydrogen (secondary N) is 2. The molecule has 6 nitrogen and oxygen atoms in total. The first kappa shape index (κ1) is 16.0. The largest absolute Gasteiger partial charge is 0.484 e. The van der Waals surface area contributed by atoms with E-state index in [4.69, 9.17) is 10.5 Å². The van der Waals surface area contributed by atoms with Crippen LogP contribution < -0.4 is 21.1 Å². The Morgan fingerprint density at radius 3 is 2.60 bits per heavy atom. The van der Waals surface area contributed by atoms with Gasteiger partial charge in [-0.25, -0.2) is 4.79 Å². The van der Waals surface area contributed by atoms with Gasteiger partial charge >= 0.3 is 6.03 Å². The second-order valence-electron chi connectivity index (χ2n) is 5.45. The zero-order valence-electron chi connectivity index (χ0n) is 12.0. The SMILES string of the molecule is CC(C)(C)NCc1cccc(OCC(=O)NC(N)=O)c1. The van der Waals surface area contributed by atoms with Crippen molar-refractivity contribution in [2.24, 2.45) is 5.73 Å². The highest BCUT2D eigenvalue weighted by Gasteiger charge is 2.09. The van der Waals surface area contributed by atoms with Crippen LogP contribution in [0, 0.1) is 0 Å². The Kier molecular flexibility index (Phi) is 5.52. The molecule has 1 aromatic rings. The van der Waals surface area contributed by atoms with E-state index in [1.807, 2.05) is 23.5 Å². The van der Waals surface area contributed by atoms with Gasteiger partial charge in [-0.05, 0) is 38.5 Å². The summed E-state index contributed by atoms with van der Waals surface area (Å²) in [5.41, 5.74) is 5.91. The molecule has 4 N–H and O–H groups in total. The van der Waals surface area contributed by atoms with Gasteiger partial charge in [0.2, 0.25) is 0 Å². The lowest BCUT2D eigenvalue weighted by Crippen LogP contribution is -2.38. The van der Waals surface area contributed by atoms with Crippen LogP contribution in [0.1, 0.15) is 26.3 Å². The van der Waals surface area contributed by atoms with Crippen molar-refractivity contribution < 1.29 is 14.3 Å². The maximum absolute atomic E-state index is 11.2. The molecule has 0 aliphatic heterocycles. The molecule has 0 aromatic heterocycles. The lowest BCUT2D eigenvalue weighted by molar-refractivity contribution is -0.121. The van der Waals surface area contributed by atoms with Crippen molar-refractivity contribution in [3.05, 3.63) is 29.8 Å². The zero-order chi connectivity index (χ0) is 15.2. The van der Waals surface area contributed by atoms with E-state index in [2.05, 4.69) is 26.1 Å². The van der Waals surface area contributed by atoms with Crippen molar-refractivity contribution in [2.75, 3.05) is 6.61 Å². The van der Waals surface area contributed by atoms with E-state index in [0.717, 1.165) is 5.56 Å². The van der Waals surface area contributed by atoms with Gasteiger partial charge < -0.3 is 15.8 Å². The van der Waals surface area contributed by atoms with Crippen molar-refractivity contribution >= 4 is 11.9 Å². The van der Waals surface area contributed by atoms with Gasteiger partial charge in [-0.2, -0.15) is 0 Å². The minimum atomic E-state index is -0.887. The number of imide groups is 1. The molecular formula is C14H21N3O3. The van der Waals surface area contributed by atoms with Crippen LogP contribution in [0.25, 0.3) is 0 Å². The first-order valence-electron chi connectivity index (χ1n) is 6.32. The van der Waals surface area contributed by atoms with Gasteiger partial charge in [0.25, 0.3) is 5.91 Å². The number of ether oxygens (including phenoxy) is 1. The van der Waals surface area contributed by atoms with E-state index in [-0.39, 0.29) is 12.1 Å². The minimum absolute atomic E-state index is 0.0260. The molecule has 0 saturated carbocycles. The number of urea groups is 1. The molecule has 0 unspecified atom stereocenters. The molecule has 3 amide bonds. The Balaban J connectivity index is 2.51. The van der Waals surface area contributed by atoms with E-state index in [9.17, 15) is 9.59 Å². The molecule has 0 aliphatic rings. The van der Waals surface area contributed by atoms with Crippen LogP contribution in [0.2, 0.25) is 0 Å². The quantitative estimate of drug-likeness (QED) is 0.753. The van der Waals surface area contributed by atoms with Crippen LogP contribution in [0.15, 0.2) is 24.3 Å². The molecule has 20 heavy (non-hydrogen) atoms. The molecule has 0 fully saturated rings. The van der Waals surface area contributed by atoms with Crippen molar-refractivity contribution in [2.45, 2.75) is 32.9 Å². The Hall–Kier alpha value is -2.08. The number of benzene rings is 1. The fourth-order valence-corrected chi connectivity index (χ4v) is 1.43. The van der Waals surface area contributed by atoms with E-state index in [0.29, 0.717) is 12.3 Å². The molecule has 110 valence electrons. The number of amides is 3. The predicted molar refractivity (Wildman–Crippen MR) is 76.3 cm³/mol. The summed E-state index contributed by atoms with van der Waals surface area (Å²) in [5, 5.41) is 5.30. The Labute approximate surface area is 118 Å². The number of rotatable bonds is 5. The maximum Gasteiger partial charge on any atom is 0.318 e. The molecule has 0 heterocycles. The average molecular weight is 279 g/mol. The summed E-state index contributed by atoms with van der Waals surface area (Å²) in [7, 11) is 0. The smallest absolute Gasteiger partial charge is 0.318 e. The van der Waals surface area contributed by atoms with Gasteiger partial charge in [0.05, 0.1) is 0 Å². The Morgan fingerprint density at radius 2 is 2.00 bits per heavy atom. The minimum Gasteiger partial charge on any atom is -0.484 e. The van der Waals surface area contributed by atoms with Crippen molar-refractivity contribution in [1.29, 1.82) is 0 Å². The molecular weight excluding hydrogens is 258 g/mol. The summed E-state index contributed by atoms with van der Waals surface area (Å²) >= 11 is 0. The molecule has 0 bridgehead atoms. The van der Waals surface area contributed by atoms with Crippen molar-refractivity contribution in [3.63, 3.8) is 0 Å². The van der Waals surface area contributed by atoms with Crippen molar-refractivity contribution in [3.8, 4) is 5.75 Å². The number of nitrogens with two attached hydrogens (primary N) is 1. The van der Waals surface area contributed by atoms with Gasteiger partial charge in [-0.3, -0.25) is 10.1 Å². The van der Waals surface area contributed by atoms with Crippen LogP contribution in [-0.2, 0) is 11.3 Å². The number of hydrogen-bond acceptors (Lipinski definition) is 4. The fourth-order valence-electron chi connectivity index (χ4n) is 1.43. The summed E-state index contributed by atoms with van der Waals surface area (Å²) in [5.74, 6) is -0.00597. The number of carbonyl (C=O) groups is 2. The molecule has 6 heteroatoms. The van der Waals surface area contributed by atoms with E-state index in [1.165, 1.54) is 0 Å². The zero-order valence-corrected chi connectivity index (χ0v) is 12.0.